The molecule has 0 aromatic heterocycles. The number of aliphatic hydroxyl groups is 1. The molecule has 1 fully saturated rings. The number of rotatable bonds is 2. The molecule has 0 aliphatic carbocycles. The molecule has 4 heteroatoms. The number of halogens is 1. The van der Waals surface area contributed by atoms with Gasteiger partial charge >= 0.3 is 0 Å². The zero-order chi connectivity index (χ0) is 13.1. The first kappa shape index (κ1) is 13.0. The van der Waals surface area contributed by atoms with Crippen LogP contribution in [0.3, 0.4) is 0 Å². The van der Waals surface area contributed by atoms with Gasteiger partial charge in [-0.25, -0.2) is 4.39 Å². The number of hydrogen-bond donors (Lipinski definition) is 1. The number of aryl methyl sites for hydroxylation is 1. The summed E-state index contributed by atoms with van der Waals surface area (Å²) in [4.78, 5) is 13.9. The number of carbonyl (C=O) groups excluding carboxylic acids is 1. The topological polar surface area (TPSA) is 40.5 Å². The highest BCUT2D eigenvalue weighted by molar-refractivity contribution is 5.94. The lowest BCUT2D eigenvalue weighted by atomic mass is 10.0. The summed E-state index contributed by atoms with van der Waals surface area (Å²) in [6, 6.07) is 4.45. The zero-order valence-electron chi connectivity index (χ0n) is 10.5. The summed E-state index contributed by atoms with van der Waals surface area (Å²) >= 11 is 0. The molecule has 1 atom stereocenters. The third-order valence-electron chi connectivity index (χ3n) is 3.45. The van der Waals surface area contributed by atoms with E-state index in [1.54, 1.807) is 17.9 Å². The van der Waals surface area contributed by atoms with Crippen LogP contribution in [0.5, 0.6) is 0 Å². The van der Waals surface area contributed by atoms with Crippen LogP contribution < -0.4 is 0 Å². The summed E-state index contributed by atoms with van der Waals surface area (Å²) in [5, 5.41) is 9.28. The Morgan fingerprint density at radius 2 is 2.28 bits per heavy atom. The van der Waals surface area contributed by atoms with E-state index in [0.29, 0.717) is 6.54 Å². The molecule has 0 bridgehead atoms. The van der Waals surface area contributed by atoms with Gasteiger partial charge in [-0.3, -0.25) is 4.79 Å². The minimum absolute atomic E-state index is 0.0563. The summed E-state index contributed by atoms with van der Waals surface area (Å²) in [6.45, 7) is 2.32. The van der Waals surface area contributed by atoms with E-state index in [4.69, 9.17) is 0 Å². The minimum atomic E-state index is -0.484. The van der Waals surface area contributed by atoms with E-state index < -0.39 is 5.82 Å². The fourth-order valence-corrected chi connectivity index (χ4v) is 2.41. The monoisotopic (exact) mass is 251 g/mol. The van der Waals surface area contributed by atoms with Gasteiger partial charge in [0.05, 0.1) is 18.2 Å². The van der Waals surface area contributed by atoms with Crippen LogP contribution in [0.1, 0.15) is 35.2 Å². The molecule has 0 radical (unpaired) electrons. The molecular weight excluding hydrogens is 233 g/mol. The van der Waals surface area contributed by atoms with Gasteiger partial charge in [0.25, 0.3) is 5.91 Å². The molecule has 2 rings (SSSR count). The normalized spacial score (nSPS) is 19.9. The highest BCUT2D eigenvalue weighted by atomic mass is 19.1. The number of piperidine rings is 1. The van der Waals surface area contributed by atoms with Crippen molar-refractivity contribution in [3.63, 3.8) is 0 Å². The van der Waals surface area contributed by atoms with Gasteiger partial charge in [0.15, 0.2) is 0 Å². The molecule has 18 heavy (non-hydrogen) atoms. The highest BCUT2D eigenvalue weighted by Crippen LogP contribution is 2.21. The fourth-order valence-electron chi connectivity index (χ4n) is 2.41. The summed E-state index contributed by atoms with van der Waals surface area (Å²) in [5.41, 5.74) is 0.891. The molecular formula is C14H18FNO2. The van der Waals surface area contributed by atoms with Crippen LogP contribution >= 0.6 is 0 Å². The molecule has 98 valence electrons. The van der Waals surface area contributed by atoms with Crippen LogP contribution in [0.15, 0.2) is 18.2 Å². The van der Waals surface area contributed by atoms with Crippen LogP contribution in [-0.4, -0.2) is 35.1 Å². The quantitative estimate of drug-likeness (QED) is 0.874. The fraction of sp³-hybridized carbons (Fsp3) is 0.500. The van der Waals surface area contributed by atoms with Crippen molar-refractivity contribution in [2.75, 3.05) is 13.2 Å². The van der Waals surface area contributed by atoms with E-state index in [2.05, 4.69) is 0 Å². The number of nitrogens with zero attached hydrogens (tertiary/aromatic N) is 1. The third kappa shape index (κ3) is 2.53. The van der Waals surface area contributed by atoms with E-state index in [1.165, 1.54) is 12.1 Å². The van der Waals surface area contributed by atoms with E-state index >= 15 is 0 Å². The van der Waals surface area contributed by atoms with Crippen LogP contribution in [0.4, 0.5) is 4.39 Å². The Bertz CT molecular complexity index is 447. The van der Waals surface area contributed by atoms with Crippen LogP contribution in [-0.2, 0) is 0 Å². The Morgan fingerprint density at radius 3 is 2.94 bits per heavy atom. The predicted molar refractivity (Wildman–Crippen MR) is 66.9 cm³/mol. The second kappa shape index (κ2) is 5.48. The molecule has 1 aromatic rings. The molecule has 0 saturated carbocycles. The molecule has 1 aliphatic rings. The molecule has 1 saturated heterocycles. The van der Waals surface area contributed by atoms with Crippen molar-refractivity contribution in [1.29, 1.82) is 0 Å². The average Bonchev–Trinajstić information content (AvgIpc) is 2.38. The van der Waals surface area contributed by atoms with Crippen molar-refractivity contribution in [1.82, 2.24) is 4.90 Å². The SMILES string of the molecule is Cc1ccc(C(=O)N2CCCCC2CO)c(F)c1. The van der Waals surface area contributed by atoms with E-state index in [-0.39, 0.29) is 24.1 Å². The molecule has 0 spiro atoms. The maximum Gasteiger partial charge on any atom is 0.257 e. The van der Waals surface area contributed by atoms with Crippen LogP contribution in [0, 0.1) is 12.7 Å². The van der Waals surface area contributed by atoms with Gasteiger partial charge in [0.1, 0.15) is 5.82 Å². The number of benzene rings is 1. The smallest absolute Gasteiger partial charge is 0.257 e. The van der Waals surface area contributed by atoms with Crippen molar-refractivity contribution >= 4 is 5.91 Å². The highest BCUT2D eigenvalue weighted by Gasteiger charge is 2.28. The van der Waals surface area contributed by atoms with Gasteiger partial charge in [0, 0.05) is 6.54 Å². The summed E-state index contributed by atoms with van der Waals surface area (Å²) in [7, 11) is 0. The van der Waals surface area contributed by atoms with E-state index in [1.807, 2.05) is 0 Å². The first-order valence-electron chi connectivity index (χ1n) is 6.31. The Labute approximate surface area is 106 Å². The van der Waals surface area contributed by atoms with Crippen molar-refractivity contribution < 1.29 is 14.3 Å². The number of hydrogen-bond acceptors (Lipinski definition) is 2. The number of likely N-dealkylation sites (tertiary alicyclic amines) is 1. The van der Waals surface area contributed by atoms with Crippen molar-refractivity contribution in [2.45, 2.75) is 32.2 Å². The van der Waals surface area contributed by atoms with Crippen molar-refractivity contribution in [3.8, 4) is 0 Å². The summed E-state index contributed by atoms with van der Waals surface area (Å²) in [5.74, 6) is -0.798. The largest absolute Gasteiger partial charge is 0.394 e. The molecule has 1 heterocycles. The van der Waals surface area contributed by atoms with Crippen LogP contribution in [0.2, 0.25) is 0 Å². The number of amides is 1. The third-order valence-corrected chi connectivity index (χ3v) is 3.45. The maximum atomic E-state index is 13.8. The van der Waals surface area contributed by atoms with Gasteiger partial charge in [-0.15, -0.1) is 0 Å². The molecule has 1 amide bonds. The number of aliphatic hydroxyl groups excluding tert-OH is 1. The van der Waals surface area contributed by atoms with Crippen molar-refractivity contribution in [2.24, 2.45) is 0 Å². The first-order chi connectivity index (χ1) is 8.63. The van der Waals surface area contributed by atoms with Gasteiger partial charge in [-0.2, -0.15) is 0 Å². The van der Waals surface area contributed by atoms with Crippen molar-refractivity contribution in [3.05, 3.63) is 35.1 Å². The first-order valence-corrected chi connectivity index (χ1v) is 6.31. The van der Waals surface area contributed by atoms with Gasteiger partial charge in [-0.1, -0.05) is 6.07 Å². The Kier molecular flexibility index (Phi) is 3.97. The lowest BCUT2D eigenvalue weighted by molar-refractivity contribution is 0.0498. The minimum Gasteiger partial charge on any atom is -0.394 e. The molecule has 1 N–H and O–H groups in total. The predicted octanol–water partition coefficient (Wildman–Crippen LogP) is 2.12. The van der Waals surface area contributed by atoms with Crippen LogP contribution in [0.25, 0.3) is 0 Å². The average molecular weight is 251 g/mol. The molecule has 3 nitrogen and oxygen atoms in total. The Morgan fingerprint density at radius 1 is 1.50 bits per heavy atom. The zero-order valence-corrected chi connectivity index (χ0v) is 10.5. The second-order valence-corrected chi connectivity index (χ2v) is 4.81. The Balaban J connectivity index is 2.24. The molecule has 1 aromatic carbocycles. The van der Waals surface area contributed by atoms with Gasteiger partial charge in [0.2, 0.25) is 0 Å². The number of carbonyl (C=O) groups is 1. The molecule has 1 unspecified atom stereocenters. The summed E-state index contributed by atoms with van der Waals surface area (Å²) in [6.07, 6.45) is 2.71. The Hall–Kier alpha value is -1.42. The maximum absolute atomic E-state index is 13.8. The lowest BCUT2D eigenvalue weighted by Gasteiger charge is -2.34. The van der Waals surface area contributed by atoms with E-state index in [9.17, 15) is 14.3 Å². The van der Waals surface area contributed by atoms with Gasteiger partial charge in [-0.05, 0) is 43.9 Å². The van der Waals surface area contributed by atoms with Gasteiger partial charge < -0.3 is 10.0 Å². The summed E-state index contributed by atoms with van der Waals surface area (Å²) < 4.78 is 13.8. The second-order valence-electron chi connectivity index (χ2n) is 4.81. The molecule has 1 aliphatic heterocycles. The van der Waals surface area contributed by atoms with E-state index in [0.717, 1.165) is 24.8 Å². The standard InChI is InChI=1S/C14H18FNO2/c1-10-5-6-12(13(15)8-10)14(18)16-7-3-2-4-11(16)9-17/h5-6,8,11,17H,2-4,7,9H2,1H3. The lowest BCUT2D eigenvalue weighted by Crippen LogP contribution is -2.45.